The number of ether oxygens (including phenoxy) is 1. The highest BCUT2D eigenvalue weighted by atomic mass is 16.5. The molecule has 0 bridgehead atoms. The van der Waals surface area contributed by atoms with Gasteiger partial charge in [0, 0.05) is 44.7 Å². The number of carbonyl (C=O) groups is 1. The van der Waals surface area contributed by atoms with E-state index in [9.17, 15) is 4.79 Å². The number of nitrogens with zero attached hydrogens (tertiary/aromatic N) is 4. The molecular formula is C18H31N5O2. The lowest BCUT2D eigenvalue weighted by Gasteiger charge is -2.26. The average Bonchev–Trinajstić information content (AvgIpc) is 2.83. The summed E-state index contributed by atoms with van der Waals surface area (Å²) >= 11 is 0. The molecule has 0 aromatic carbocycles. The molecule has 1 aromatic rings. The number of rotatable bonds is 4. The summed E-state index contributed by atoms with van der Waals surface area (Å²) < 4.78 is 5.82. The molecule has 1 aromatic heterocycles. The molecule has 2 atom stereocenters. The molecule has 140 valence electrons. The van der Waals surface area contributed by atoms with Crippen molar-refractivity contribution < 1.29 is 9.53 Å². The van der Waals surface area contributed by atoms with Crippen LogP contribution in [0.3, 0.4) is 0 Å². The maximum atomic E-state index is 13.0. The van der Waals surface area contributed by atoms with Gasteiger partial charge in [-0.2, -0.15) is 5.10 Å². The molecule has 0 saturated carbocycles. The summed E-state index contributed by atoms with van der Waals surface area (Å²) in [6.07, 6.45) is 1.86. The fourth-order valence-electron chi connectivity index (χ4n) is 3.74. The van der Waals surface area contributed by atoms with E-state index in [0.29, 0.717) is 5.69 Å². The van der Waals surface area contributed by atoms with Gasteiger partial charge in [-0.15, -0.1) is 0 Å². The van der Waals surface area contributed by atoms with Crippen LogP contribution in [0.1, 0.15) is 48.1 Å². The number of fused-ring (bicyclic) bond motifs is 1. The van der Waals surface area contributed by atoms with E-state index < -0.39 is 0 Å². The van der Waals surface area contributed by atoms with Crippen LogP contribution in [-0.4, -0.2) is 90.3 Å². The molecule has 25 heavy (non-hydrogen) atoms. The highest BCUT2D eigenvalue weighted by molar-refractivity contribution is 5.94. The van der Waals surface area contributed by atoms with Crippen molar-refractivity contribution in [2.75, 3.05) is 53.4 Å². The summed E-state index contributed by atoms with van der Waals surface area (Å²) in [5, 5.41) is 7.39. The van der Waals surface area contributed by atoms with Gasteiger partial charge in [0.1, 0.15) is 0 Å². The number of H-pyrrole nitrogens is 1. The van der Waals surface area contributed by atoms with Gasteiger partial charge < -0.3 is 19.4 Å². The van der Waals surface area contributed by atoms with Crippen molar-refractivity contribution >= 4 is 5.91 Å². The maximum absolute atomic E-state index is 13.0. The van der Waals surface area contributed by atoms with Gasteiger partial charge in [0.15, 0.2) is 5.69 Å². The molecule has 7 heteroatoms. The van der Waals surface area contributed by atoms with Crippen LogP contribution in [0, 0.1) is 0 Å². The Hall–Kier alpha value is -1.44. The van der Waals surface area contributed by atoms with E-state index in [-0.39, 0.29) is 18.1 Å². The summed E-state index contributed by atoms with van der Waals surface area (Å²) in [5.41, 5.74) is 2.60. The van der Waals surface area contributed by atoms with Crippen LogP contribution < -0.4 is 0 Å². The first-order chi connectivity index (χ1) is 12.0. The van der Waals surface area contributed by atoms with Gasteiger partial charge in [-0.05, 0) is 40.9 Å². The first-order valence-electron chi connectivity index (χ1n) is 9.34. The number of nitrogens with one attached hydrogen (secondary N) is 1. The van der Waals surface area contributed by atoms with Crippen molar-refractivity contribution in [2.24, 2.45) is 0 Å². The molecule has 1 fully saturated rings. The fraction of sp³-hybridized carbons (Fsp3) is 0.778. The van der Waals surface area contributed by atoms with E-state index in [1.807, 2.05) is 11.8 Å². The van der Waals surface area contributed by atoms with Crippen molar-refractivity contribution in [2.45, 2.75) is 38.9 Å². The summed E-state index contributed by atoms with van der Waals surface area (Å²) in [7, 11) is 4.19. The summed E-state index contributed by atoms with van der Waals surface area (Å²) in [6.45, 7) is 9.73. The summed E-state index contributed by atoms with van der Waals surface area (Å²) in [4.78, 5) is 19.7. The summed E-state index contributed by atoms with van der Waals surface area (Å²) in [5.74, 6) is 0.0632. The second-order valence-corrected chi connectivity index (χ2v) is 7.55. The Kier molecular flexibility index (Phi) is 5.76. The van der Waals surface area contributed by atoms with E-state index in [4.69, 9.17) is 4.74 Å². The largest absolute Gasteiger partial charge is 0.369 e. The van der Waals surface area contributed by atoms with E-state index in [1.54, 1.807) is 0 Å². The van der Waals surface area contributed by atoms with E-state index in [1.165, 1.54) is 0 Å². The average molecular weight is 349 g/mol. The van der Waals surface area contributed by atoms with Gasteiger partial charge in [0.05, 0.1) is 17.9 Å². The Morgan fingerprint density at radius 1 is 1.28 bits per heavy atom. The predicted molar refractivity (Wildman–Crippen MR) is 96.8 cm³/mol. The molecule has 7 nitrogen and oxygen atoms in total. The topological polar surface area (TPSA) is 64.7 Å². The lowest BCUT2D eigenvalue weighted by molar-refractivity contribution is -0.00701. The van der Waals surface area contributed by atoms with Crippen LogP contribution in [0.25, 0.3) is 0 Å². The number of amides is 1. The molecule has 0 radical (unpaired) electrons. The normalized spacial score (nSPS) is 25.1. The first-order valence-corrected chi connectivity index (χ1v) is 9.34. The van der Waals surface area contributed by atoms with Gasteiger partial charge in [-0.3, -0.25) is 9.89 Å². The van der Waals surface area contributed by atoms with Crippen LogP contribution >= 0.6 is 0 Å². The Morgan fingerprint density at radius 2 is 2.08 bits per heavy atom. The SMILES string of the molecule is C[C@@H]1Cc2c(C(=O)N3CCCN(CCN(C)C)CC3)n[nH]c2[C@H](C)O1. The van der Waals surface area contributed by atoms with Crippen molar-refractivity contribution in [1.29, 1.82) is 0 Å². The zero-order valence-electron chi connectivity index (χ0n) is 15.9. The second kappa shape index (κ2) is 7.85. The quantitative estimate of drug-likeness (QED) is 0.883. The minimum atomic E-state index is -0.0292. The van der Waals surface area contributed by atoms with E-state index in [0.717, 1.165) is 63.4 Å². The molecule has 2 aliphatic rings. The van der Waals surface area contributed by atoms with Gasteiger partial charge in [0.25, 0.3) is 5.91 Å². The zero-order chi connectivity index (χ0) is 18.0. The lowest BCUT2D eigenvalue weighted by atomic mass is 9.99. The Morgan fingerprint density at radius 3 is 2.84 bits per heavy atom. The van der Waals surface area contributed by atoms with Crippen molar-refractivity contribution in [1.82, 2.24) is 24.9 Å². The molecule has 3 heterocycles. The zero-order valence-corrected chi connectivity index (χ0v) is 15.9. The molecule has 1 amide bonds. The number of carbonyl (C=O) groups excluding carboxylic acids is 1. The van der Waals surface area contributed by atoms with Gasteiger partial charge in [-0.25, -0.2) is 0 Å². The van der Waals surface area contributed by atoms with Gasteiger partial charge >= 0.3 is 0 Å². The van der Waals surface area contributed by atoms with Gasteiger partial charge in [0.2, 0.25) is 0 Å². The Balaban J connectivity index is 1.66. The smallest absolute Gasteiger partial charge is 0.274 e. The Labute approximate surface area is 150 Å². The van der Waals surface area contributed by atoms with Crippen LogP contribution in [0.5, 0.6) is 0 Å². The third kappa shape index (κ3) is 4.22. The second-order valence-electron chi connectivity index (χ2n) is 7.55. The molecule has 0 aliphatic carbocycles. The van der Waals surface area contributed by atoms with Gasteiger partial charge in [-0.1, -0.05) is 0 Å². The van der Waals surface area contributed by atoms with E-state index >= 15 is 0 Å². The molecular weight excluding hydrogens is 318 g/mol. The maximum Gasteiger partial charge on any atom is 0.274 e. The minimum Gasteiger partial charge on any atom is -0.369 e. The molecule has 0 spiro atoms. The highest BCUT2D eigenvalue weighted by Gasteiger charge is 2.31. The standard InChI is InChI=1S/C18H31N5O2/c1-13-12-15-16(14(2)25-13)19-20-17(15)18(24)23-7-5-6-22(10-11-23)9-8-21(3)4/h13-14H,5-12H2,1-4H3,(H,19,20)/t13-,14+/m1/s1. The third-order valence-corrected chi connectivity index (χ3v) is 5.18. The molecule has 1 saturated heterocycles. The van der Waals surface area contributed by atoms with Crippen molar-refractivity contribution in [3.05, 3.63) is 17.0 Å². The lowest BCUT2D eigenvalue weighted by Crippen LogP contribution is -2.37. The van der Waals surface area contributed by atoms with Crippen LogP contribution in [0.2, 0.25) is 0 Å². The third-order valence-electron chi connectivity index (χ3n) is 5.18. The van der Waals surface area contributed by atoms with Crippen molar-refractivity contribution in [3.8, 4) is 0 Å². The van der Waals surface area contributed by atoms with Crippen LogP contribution in [-0.2, 0) is 11.2 Å². The first kappa shape index (κ1) is 18.4. The van der Waals surface area contributed by atoms with Crippen molar-refractivity contribution in [3.63, 3.8) is 0 Å². The molecule has 1 N–H and O–H groups in total. The number of hydrogen-bond acceptors (Lipinski definition) is 5. The number of hydrogen-bond donors (Lipinski definition) is 1. The highest BCUT2D eigenvalue weighted by Crippen LogP contribution is 2.30. The minimum absolute atomic E-state index is 0.0292. The number of aromatic nitrogens is 2. The van der Waals surface area contributed by atoms with Crippen LogP contribution in [0.15, 0.2) is 0 Å². The van der Waals surface area contributed by atoms with Crippen LogP contribution in [0.4, 0.5) is 0 Å². The Bertz CT molecular complexity index is 600. The summed E-state index contributed by atoms with van der Waals surface area (Å²) in [6, 6.07) is 0. The number of likely N-dealkylation sites (N-methyl/N-ethyl adjacent to an activating group) is 1. The number of aromatic amines is 1. The van der Waals surface area contributed by atoms with E-state index in [2.05, 4.69) is 41.0 Å². The monoisotopic (exact) mass is 349 g/mol. The predicted octanol–water partition coefficient (Wildman–Crippen LogP) is 1.14. The molecule has 3 rings (SSSR count). The molecule has 2 aliphatic heterocycles. The fourth-order valence-corrected chi connectivity index (χ4v) is 3.74. The molecule has 0 unspecified atom stereocenters.